The first-order valence-corrected chi connectivity index (χ1v) is 7.69. The molecule has 4 nitrogen and oxygen atoms in total. The van der Waals surface area contributed by atoms with Crippen molar-refractivity contribution in [1.29, 1.82) is 0 Å². The van der Waals surface area contributed by atoms with E-state index in [1.165, 1.54) is 12.1 Å². The summed E-state index contributed by atoms with van der Waals surface area (Å²) in [5.41, 5.74) is 5.27. The molecule has 0 spiro atoms. The first-order valence-electron chi connectivity index (χ1n) is 7.31. The van der Waals surface area contributed by atoms with Crippen molar-refractivity contribution in [2.45, 2.75) is 51.3 Å². The average molecular weight is 366 g/mol. The highest BCUT2D eigenvalue weighted by atomic mass is 35.5. The second kappa shape index (κ2) is 7.57. The predicted octanol–water partition coefficient (Wildman–Crippen LogP) is 3.63. The largest absolute Gasteiger partial charge is 0.490 e. The van der Waals surface area contributed by atoms with E-state index in [2.05, 4.69) is 0 Å². The van der Waals surface area contributed by atoms with Gasteiger partial charge in [-0.1, -0.05) is 11.6 Å². The fourth-order valence-electron chi connectivity index (χ4n) is 2.10. The fourth-order valence-corrected chi connectivity index (χ4v) is 2.26. The van der Waals surface area contributed by atoms with Gasteiger partial charge in [0.1, 0.15) is 0 Å². The van der Waals surface area contributed by atoms with Crippen LogP contribution in [-0.2, 0) is 9.31 Å². The Hall–Kier alpha value is -0.525. The second-order valence-electron chi connectivity index (χ2n) is 6.50. The highest BCUT2D eigenvalue weighted by Crippen LogP contribution is 2.37. The van der Waals surface area contributed by atoms with Gasteiger partial charge in [-0.05, 0) is 52.3 Å². The summed E-state index contributed by atoms with van der Waals surface area (Å²) < 4.78 is 30.7. The van der Waals surface area contributed by atoms with Crippen LogP contribution in [0.4, 0.5) is 4.39 Å². The molecule has 2 rings (SSSR count). The number of hydrogen-bond donors (Lipinski definition) is 1. The first-order chi connectivity index (χ1) is 10.1. The van der Waals surface area contributed by atoms with Crippen LogP contribution in [0.15, 0.2) is 18.2 Å². The number of halogens is 3. The summed E-state index contributed by atoms with van der Waals surface area (Å²) in [5.74, 6) is -0.682. The van der Waals surface area contributed by atoms with E-state index in [4.69, 9.17) is 31.4 Å². The maximum atomic E-state index is 13.6. The zero-order valence-corrected chi connectivity index (χ0v) is 15.3. The van der Waals surface area contributed by atoms with Crippen molar-refractivity contribution in [3.8, 4) is 5.75 Å². The molecule has 0 bridgehead atoms. The molecule has 1 aromatic rings. The lowest BCUT2D eigenvalue weighted by Crippen LogP contribution is -2.42. The average Bonchev–Trinajstić information content (AvgIpc) is 2.61. The third-order valence-corrected chi connectivity index (χ3v) is 4.46. The summed E-state index contributed by atoms with van der Waals surface area (Å²) in [4.78, 5) is 0. The zero-order valence-electron chi connectivity index (χ0n) is 13.8. The molecule has 1 fully saturated rings. The fraction of sp³-hybridized carbons (Fsp3) is 0.600. The Labute approximate surface area is 148 Å². The van der Waals surface area contributed by atoms with E-state index >= 15 is 0 Å². The van der Waals surface area contributed by atoms with Crippen LogP contribution in [0, 0.1) is 5.82 Å². The lowest BCUT2D eigenvalue weighted by atomic mass is 9.77. The van der Waals surface area contributed by atoms with Gasteiger partial charge in [0.2, 0.25) is 0 Å². The summed E-state index contributed by atoms with van der Waals surface area (Å²) in [6, 6.07) is 4.29. The van der Waals surface area contributed by atoms with Crippen molar-refractivity contribution in [2.75, 3.05) is 6.61 Å². The van der Waals surface area contributed by atoms with Gasteiger partial charge in [0, 0.05) is 11.0 Å². The van der Waals surface area contributed by atoms with Crippen molar-refractivity contribution in [3.63, 3.8) is 0 Å². The highest BCUT2D eigenvalue weighted by Gasteiger charge is 2.52. The maximum absolute atomic E-state index is 13.6. The lowest BCUT2D eigenvalue weighted by Gasteiger charge is -2.32. The van der Waals surface area contributed by atoms with Gasteiger partial charge >= 0.3 is 7.12 Å². The van der Waals surface area contributed by atoms with Crippen LogP contribution in [0.2, 0.25) is 5.02 Å². The Bertz CT molecular complexity index is 529. The van der Waals surface area contributed by atoms with Gasteiger partial charge in [-0.3, -0.25) is 0 Å². The second-order valence-corrected chi connectivity index (χ2v) is 6.94. The van der Waals surface area contributed by atoms with Crippen LogP contribution in [0.3, 0.4) is 0 Å². The molecule has 0 unspecified atom stereocenters. The molecule has 0 saturated carbocycles. The number of hydrogen-bond acceptors (Lipinski definition) is 4. The third-order valence-electron chi connectivity index (χ3n) is 4.22. The van der Waals surface area contributed by atoms with Gasteiger partial charge < -0.3 is 19.8 Å². The smallest absolute Gasteiger partial charge is 0.475 e. The number of rotatable bonds is 5. The summed E-state index contributed by atoms with van der Waals surface area (Å²) in [6.07, 6.45) is 0.485. The quantitative estimate of drug-likeness (QED) is 0.809. The summed E-state index contributed by atoms with van der Waals surface area (Å²) in [6.45, 7) is 8.15. The van der Waals surface area contributed by atoms with Crippen LogP contribution >= 0.6 is 24.0 Å². The lowest BCUT2D eigenvalue weighted by molar-refractivity contribution is 0.00578. The van der Waals surface area contributed by atoms with Crippen molar-refractivity contribution in [1.82, 2.24) is 0 Å². The Morgan fingerprint density at radius 2 is 1.83 bits per heavy atom. The van der Waals surface area contributed by atoms with Gasteiger partial charge in [0.05, 0.1) is 17.8 Å². The van der Waals surface area contributed by atoms with Crippen molar-refractivity contribution >= 4 is 31.1 Å². The van der Waals surface area contributed by atoms with Gasteiger partial charge in [-0.15, -0.1) is 12.4 Å². The van der Waals surface area contributed by atoms with Crippen LogP contribution in [0.1, 0.15) is 34.1 Å². The topological polar surface area (TPSA) is 53.7 Å². The minimum absolute atomic E-state index is 0. The molecule has 130 valence electrons. The molecule has 0 aromatic heterocycles. The van der Waals surface area contributed by atoms with Gasteiger partial charge in [0.15, 0.2) is 11.6 Å². The molecule has 1 aromatic carbocycles. The van der Waals surface area contributed by atoms with Gasteiger partial charge in [-0.25, -0.2) is 4.39 Å². The van der Waals surface area contributed by atoms with Crippen LogP contribution in [-0.4, -0.2) is 30.9 Å². The van der Waals surface area contributed by atoms with Crippen molar-refractivity contribution in [2.24, 2.45) is 5.73 Å². The highest BCUT2D eigenvalue weighted by molar-refractivity contribution is 6.47. The third kappa shape index (κ3) is 4.73. The maximum Gasteiger partial charge on any atom is 0.475 e. The van der Waals surface area contributed by atoms with E-state index in [1.807, 2.05) is 27.7 Å². The molecule has 0 aliphatic carbocycles. The van der Waals surface area contributed by atoms with E-state index in [0.717, 1.165) is 0 Å². The zero-order chi connectivity index (χ0) is 16.5. The molecule has 8 heteroatoms. The summed E-state index contributed by atoms with van der Waals surface area (Å²) in [5, 5.41) is 0.332. The molecule has 23 heavy (non-hydrogen) atoms. The van der Waals surface area contributed by atoms with Crippen molar-refractivity contribution < 1.29 is 18.4 Å². The van der Waals surface area contributed by atoms with E-state index in [9.17, 15) is 4.39 Å². The van der Waals surface area contributed by atoms with Crippen LogP contribution in [0.5, 0.6) is 5.75 Å². The SMILES string of the molecule is CC1(C)OB([C@H](N)CCOc2ccc(Cl)cc2F)OC1(C)C.Cl. The number of benzene rings is 1. The molecule has 1 aliphatic heterocycles. The molecule has 1 heterocycles. The molecule has 1 atom stereocenters. The van der Waals surface area contributed by atoms with Gasteiger partial charge in [0.25, 0.3) is 0 Å². The summed E-state index contributed by atoms with van der Waals surface area (Å²) in [7, 11) is -0.497. The molecule has 0 amide bonds. The molecule has 1 saturated heterocycles. The van der Waals surface area contributed by atoms with Crippen molar-refractivity contribution in [3.05, 3.63) is 29.0 Å². The predicted molar refractivity (Wildman–Crippen MR) is 92.8 cm³/mol. The van der Waals surface area contributed by atoms with E-state index in [1.54, 1.807) is 6.07 Å². The molecule has 1 aliphatic rings. The standard InChI is InChI=1S/C15H22BClFNO3.ClH/c1-14(2)15(3,4)22-16(21-14)13(19)7-8-20-12-6-5-10(17)9-11(12)18;/h5-6,9,13H,7-8,19H2,1-4H3;1H/t13-;/m1./s1. The van der Waals surface area contributed by atoms with Crippen LogP contribution in [0.25, 0.3) is 0 Å². The van der Waals surface area contributed by atoms with Gasteiger partial charge in [-0.2, -0.15) is 0 Å². The first kappa shape index (κ1) is 20.5. The molecule has 0 radical (unpaired) electrons. The summed E-state index contributed by atoms with van der Waals surface area (Å²) >= 11 is 5.69. The Morgan fingerprint density at radius 3 is 2.35 bits per heavy atom. The minimum Gasteiger partial charge on any atom is -0.490 e. The van der Waals surface area contributed by atoms with E-state index in [0.29, 0.717) is 11.4 Å². The Kier molecular flexibility index (Phi) is 6.76. The number of nitrogens with two attached hydrogens (primary N) is 1. The monoisotopic (exact) mass is 365 g/mol. The molecular formula is C15H23BCl2FNO3. The Morgan fingerprint density at radius 1 is 1.26 bits per heavy atom. The normalized spacial score (nSPS) is 20.0. The van der Waals surface area contributed by atoms with E-state index in [-0.39, 0.29) is 30.7 Å². The Balaban J connectivity index is 0.00000264. The van der Waals surface area contributed by atoms with E-state index < -0.39 is 24.1 Å². The molecular weight excluding hydrogens is 343 g/mol. The molecule has 2 N–H and O–H groups in total. The minimum atomic E-state index is -0.497. The number of ether oxygens (including phenoxy) is 1. The van der Waals surface area contributed by atoms with Crippen LogP contribution < -0.4 is 10.5 Å².